The predicted octanol–water partition coefficient (Wildman–Crippen LogP) is 1.72. The quantitative estimate of drug-likeness (QED) is 0.864. The van der Waals surface area contributed by atoms with E-state index in [2.05, 4.69) is 15.6 Å². The van der Waals surface area contributed by atoms with Crippen LogP contribution in [0.1, 0.15) is 10.4 Å². The molecule has 0 saturated carbocycles. The van der Waals surface area contributed by atoms with Crippen LogP contribution in [0.15, 0.2) is 30.5 Å². The number of aromatic nitrogens is 3. The summed E-state index contributed by atoms with van der Waals surface area (Å²) in [5.41, 5.74) is 0.484. The van der Waals surface area contributed by atoms with Gasteiger partial charge in [-0.3, -0.25) is 9.48 Å². The number of nitrogens with zero attached hydrogens (tertiary/aromatic N) is 3. The lowest BCUT2D eigenvalue weighted by atomic mass is 10.2. The minimum absolute atomic E-state index is 0.261. The first kappa shape index (κ1) is 10.6. The highest BCUT2D eigenvalue weighted by Gasteiger charge is 2.08. The van der Waals surface area contributed by atoms with E-state index in [1.165, 1.54) is 4.68 Å². The fourth-order valence-electron chi connectivity index (χ4n) is 1.22. The van der Waals surface area contributed by atoms with E-state index in [4.69, 9.17) is 11.6 Å². The zero-order chi connectivity index (χ0) is 11.5. The number of aryl methyl sites for hydroxylation is 1. The average molecular weight is 237 g/mol. The summed E-state index contributed by atoms with van der Waals surface area (Å²) in [5.74, 6) is 0.149. The van der Waals surface area contributed by atoms with Gasteiger partial charge >= 0.3 is 0 Å². The van der Waals surface area contributed by atoms with Gasteiger partial charge in [-0.1, -0.05) is 22.9 Å². The molecule has 16 heavy (non-hydrogen) atoms. The zero-order valence-electron chi connectivity index (χ0n) is 8.51. The number of benzene rings is 1. The highest BCUT2D eigenvalue weighted by atomic mass is 35.5. The maximum atomic E-state index is 11.7. The Bertz CT molecular complexity index is 523. The normalized spacial score (nSPS) is 10.1. The second-order valence-electron chi connectivity index (χ2n) is 3.24. The van der Waals surface area contributed by atoms with Crippen LogP contribution in [0.2, 0.25) is 5.02 Å². The molecule has 1 amide bonds. The molecule has 2 rings (SSSR count). The molecule has 0 unspecified atom stereocenters. The van der Waals surface area contributed by atoms with Crippen molar-refractivity contribution in [2.75, 3.05) is 5.32 Å². The number of anilines is 1. The van der Waals surface area contributed by atoms with Crippen molar-refractivity contribution in [1.82, 2.24) is 15.0 Å². The maximum absolute atomic E-state index is 11.7. The molecule has 5 nitrogen and oxygen atoms in total. The molecular weight excluding hydrogens is 228 g/mol. The summed E-state index contributed by atoms with van der Waals surface area (Å²) in [5, 5.41) is 10.6. The largest absolute Gasteiger partial charge is 0.304 e. The number of rotatable bonds is 2. The predicted molar refractivity (Wildman–Crippen MR) is 60.4 cm³/mol. The number of nitrogens with one attached hydrogen (secondary N) is 1. The second-order valence-corrected chi connectivity index (χ2v) is 3.68. The number of amides is 1. The number of carbonyl (C=O) groups excluding carboxylic acids is 1. The lowest BCUT2D eigenvalue weighted by Gasteiger charge is -2.01. The van der Waals surface area contributed by atoms with Crippen LogP contribution in [0.25, 0.3) is 0 Å². The molecule has 0 atom stereocenters. The summed E-state index contributed by atoms with van der Waals surface area (Å²) < 4.78 is 1.51. The number of carbonyl (C=O) groups is 1. The zero-order valence-corrected chi connectivity index (χ0v) is 9.27. The van der Waals surface area contributed by atoms with Gasteiger partial charge in [0.25, 0.3) is 5.91 Å². The van der Waals surface area contributed by atoms with Crippen molar-refractivity contribution in [3.63, 3.8) is 0 Å². The molecule has 1 N–H and O–H groups in total. The molecule has 0 aliphatic heterocycles. The van der Waals surface area contributed by atoms with E-state index >= 15 is 0 Å². The van der Waals surface area contributed by atoms with Crippen molar-refractivity contribution in [2.45, 2.75) is 0 Å². The van der Waals surface area contributed by atoms with Crippen LogP contribution >= 0.6 is 11.6 Å². The molecule has 82 valence electrons. The second kappa shape index (κ2) is 4.32. The Balaban J connectivity index is 2.14. The van der Waals surface area contributed by atoms with Crippen molar-refractivity contribution < 1.29 is 4.79 Å². The molecule has 0 aliphatic carbocycles. The van der Waals surface area contributed by atoms with Crippen LogP contribution in [-0.2, 0) is 7.05 Å². The van der Waals surface area contributed by atoms with Crippen LogP contribution in [0.4, 0.5) is 5.82 Å². The van der Waals surface area contributed by atoms with Crippen molar-refractivity contribution in [3.05, 3.63) is 41.0 Å². The molecule has 0 aliphatic rings. The Morgan fingerprint density at radius 2 is 2.31 bits per heavy atom. The molecule has 0 radical (unpaired) electrons. The molecule has 0 fully saturated rings. The topological polar surface area (TPSA) is 59.8 Å². The Kier molecular flexibility index (Phi) is 2.87. The minimum Gasteiger partial charge on any atom is -0.304 e. The van der Waals surface area contributed by atoms with E-state index in [1.807, 2.05) is 0 Å². The monoisotopic (exact) mass is 236 g/mol. The van der Waals surface area contributed by atoms with Gasteiger partial charge in [-0.15, -0.1) is 5.10 Å². The summed E-state index contributed by atoms with van der Waals surface area (Å²) in [7, 11) is 1.72. The Labute approximate surface area is 97.0 Å². The van der Waals surface area contributed by atoms with Crippen LogP contribution in [0.3, 0.4) is 0 Å². The van der Waals surface area contributed by atoms with Gasteiger partial charge < -0.3 is 5.32 Å². The van der Waals surface area contributed by atoms with Gasteiger partial charge in [0, 0.05) is 17.6 Å². The molecule has 2 aromatic rings. The lowest BCUT2D eigenvalue weighted by Crippen LogP contribution is -2.11. The molecule has 0 spiro atoms. The molecule has 1 aromatic heterocycles. The standard InChI is InChI=1S/C10H9ClN4O/c1-15-6-9(13-14-15)12-10(16)7-3-2-4-8(11)5-7/h2-6H,1H3,(H,12,16). The van der Waals surface area contributed by atoms with Gasteiger partial charge in [-0.2, -0.15) is 0 Å². The lowest BCUT2D eigenvalue weighted by molar-refractivity contribution is 0.102. The van der Waals surface area contributed by atoms with Crippen molar-refractivity contribution >= 4 is 23.3 Å². The molecular formula is C10H9ClN4O. The Morgan fingerprint density at radius 1 is 1.50 bits per heavy atom. The van der Waals surface area contributed by atoms with E-state index in [-0.39, 0.29) is 5.91 Å². The number of hydrogen-bond donors (Lipinski definition) is 1. The summed E-state index contributed by atoms with van der Waals surface area (Å²) >= 11 is 5.78. The third-order valence-electron chi connectivity index (χ3n) is 1.93. The Hall–Kier alpha value is -1.88. The fraction of sp³-hybridized carbons (Fsp3) is 0.100. The van der Waals surface area contributed by atoms with Crippen LogP contribution < -0.4 is 5.32 Å². The van der Waals surface area contributed by atoms with Crippen LogP contribution in [0, 0.1) is 0 Å². The highest BCUT2D eigenvalue weighted by Crippen LogP contribution is 2.12. The third-order valence-corrected chi connectivity index (χ3v) is 2.17. The Morgan fingerprint density at radius 3 is 2.94 bits per heavy atom. The van der Waals surface area contributed by atoms with Gasteiger partial charge in [0.05, 0.1) is 6.20 Å². The van der Waals surface area contributed by atoms with Crippen LogP contribution in [0.5, 0.6) is 0 Å². The SMILES string of the molecule is Cn1cc(NC(=O)c2cccc(Cl)c2)nn1. The van der Waals surface area contributed by atoms with Gasteiger partial charge in [-0.25, -0.2) is 0 Å². The van der Waals surface area contributed by atoms with E-state index in [0.29, 0.717) is 16.4 Å². The average Bonchev–Trinajstić information content (AvgIpc) is 2.64. The molecule has 0 bridgehead atoms. The minimum atomic E-state index is -0.261. The van der Waals surface area contributed by atoms with Crippen LogP contribution in [-0.4, -0.2) is 20.9 Å². The van der Waals surface area contributed by atoms with Crippen molar-refractivity contribution in [3.8, 4) is 0 Å². The third kappa shape index (κ3) is 2.38. The van der Waals surface area contributed by atoms with Gasteiger partial charge in [0.1, 0.15) is 0 Å². The summed E-state index contributed by atoms with van der Waals surface area (Å²) in [4.78, 5) is 11.7. The van der Waals surface area contributed by atoms with Crippen molar-refractivity contribution in [1.29, 1.82) is 0 Å². The first-order valence-electron chi connectivity index (χ1n) is 4.58. The van der Waals surface area contributed by atoms with Gasteiger partial charge in [0.2, 0.25) is 0 Å². The molecule has 6 heteroatoms. The first-order chi connectivity index (χ1) is 7.65. The van der Waals surface area contributed by atoms with E-state index < -0.39 is 0 Å². The number of hydrogen-bond acceptors (Lipinski definition) is 3. The summed E-state index contributed by atoms with van der Waals surface area (Å²) in [6.45, 7) is 0. The fourth-order valence-corrected chi connectivity index (χ4v) is 1.41. The highest BCUT2D eigenvalue weighted by molar-refractivity contribution is 6.31. The van der Waals surface area contributed by atoms with E-state index in [0.717, 1.165) is 0 Å². The van der Waals surface area contributed by atoms with Gasteiger partial charge in [0.15, 0.2) is 5.82 Å². The maximum Gasteiger partial charge on any atom is 0.256 e. The number of halogens is 1. The molecule has 1 heterocycles. The summed E-state index contributed by atoms with van der Waals surface area (Å²) in [6.07, 6.45) is 1.61. The van der Waals surface area contributed by atoms with E-state index in [1.54, 1.807) is 37.5 Å². The smallest absolute Gasteiger partial charge is 0.256 e. The molecule has 1 aromatic carbocycles. The summed E-state index contributed by atoms with van der Waals surface area (Å²) in [6, 6.07) is 6.69. The van der Waals surface area contributed by atoms with E-state index in [9.17, 15) is 4.79 Å². The molecule has 0 saturated heterocycles. The van der Waals surface area contributed by atoms with Gasteiger partial charge in [-0.05, 0) is 18.2 Å². The van der Waals surface area contributed by atoms with Crippen molar-refractivity contribution in [2.24, 2.45) is 7.05 Å². The first-order valence-corrected chi connectivity index (χ1v) is 4.96.